The molecule has 0 unspecified atom stereocenters. The van der Waals surface area contributed by atoms with Gasteiger partial charge in [0, 0.05) is 25.5 Å². The van der Waals surface area contributed by atoms with Crippen LogP contribution in [0, 0.1) is 0 Å². The third-order valence-electron chi connectivity index (χ3n) is 4.46. The highest BCUT2D eigenvalue weighted by atomic mass is 16.3. The van der Waals surface area contributed by atoms with E-state index in [1.807, 2.05) is 35.1 Å². The topological polar surface area (TPSA) is 79.2 Å². The van der Waals surface area contributed by atoms with E-state index in [1.54, 1.807) is 6.20 Å². The van der Waals surface area contributed by atoms with Crippen LogP contribution in [-0.2, 0) is 13.1 Å². The number of hydrogen-bond acceptors (Lipinski definition) is 3. The smallest absolute Gasteiger partial charge is 0.315 e. The zero-order valence-corrected chi connectivity index (χ0v) is 13.7. The second-order valence-electron chi connectivity index (χ2n) is 6.49. The summed E-state index contributed by atoms with van der Waals surface area (Å²) in [6.45, 7) is 1.48. The number of urea groups is 1. The Morgan fingerprint density at radius 2 is 2.00 bits per heavy atom. The number of amides is 2. The van der Waals surface area contributed by atoms with E-state index in [2.05, 4.69) is 21.8 Å². The molecule has 0 spiro atoms. The van der Waals surface area contributed by atoms with Crippen LogP contribution in [0.5, 0.6) is 0 Å². The highest BCUT2D eigenvalue weighted by Crippen LogP contribution is 2.28. The van der Waals surface area contributed by atoms with Crippen LogP contribution in [0.3, 0.4) is 0 Å². The number of carbonyl (C=O) groups excluding carboxylic acids is 1. The minimum atomic E-state index is -0.721. The van der Waals surface area contributed by atoms with Crippen molar-refractivity contribution in [3.05, 3.63) is 53.9 Å². The monoisotopic (exact) mass is 328 g/mol. The summed E-state index contributed by atoms with van der Waals surface area (Å²) in [5, 5.41) is 20.0. The molecule has 1 saturated carbocycles. The van der Waals surface area contributed by atoms with Gasteiger partial charge in [0.15, 0.2) is 0 Å². The molecule has 24 heavy (non-hydrogen) atoms. The minimum Gasteiger partial charge on any atom is -0.388 e. The lowest BCUT2D eigenvalue weighted by Gasteiger charge is -2.22. The first kappa shape index (κ1) is 16.5. The van der Waals surface area contributed by atoms with E-state index in [0.717, 1.165) is 36.8 Å². The van der Waals surface area contributed by atoms with E-state index < -0.39 is 5.60 Å². The predicted octanol–water partition coefficient (Wildman–Crippen LogP) is 2.04. The number of rotatable bonds is 6. The summed E-state index contributed by atoms with van der Waals surface area (Å²) in [6.07, 6.45) is 7.28. The number of carbonyl (C=O) groups is 1. The van der Waals surface area contributed by atoms with Gasteiger partial charge in [-0.3, -0.25) is 4.68 Å². The van der Waals surface area contributed by atoms with E-state index in [4.69, 9.17) is 0 Å². The van der Waals surface area contributed by atoms with Crippen molar-refractivity contribution < 1.29 is 9.90 Å². The Morgan fingerprint density at radius 3 is 2.75 bits per heavy atom. The fourth-order valence-corrected chi connectivity index (χ4v) is 3.12. The Kier molecular flexibility index (Phi) is 5.15. The molecule has 1 aliphatic carbocycles. The van der Waals surface area contributed by atoms with Crippen molar-refractivity contribution in [1.82, 2.24) is 20.4 Å². The zero-order valence-electron chi connectivity index (χ0n) is 13.7. The van der Waals surface area contributed by atoms with Crippen molar-refractivity contribution in [2.24, 2.45) is 0 Å². The Hall–Kier alpha value is -2.34. The van der Waals surface area contributed by atoms with Crippen LogP contribution in [0.2, 0.25) is 0 Å². The van der Waals surface area contributed by atoms with Crippen LogP contribution in [0.15, 0.2) is 42.7 Å². The number of hydrogen-bond donors (Lipinski definition) is 3. The molecule has 128 valence electrons. The van der Waals surface area contributed by atoms with Crippen molar-refractivity contribution in [3.63, 3.8) is 0 Å². The lowest BCUT2D eigenvalue weighted by Crippen LogP contribution is -2.44. The summed E-state index contributed by atoms with van der Waals surface area (Å²) in [5.41, 5.74) is 1.45. The number of benzene rings is 1. The summed E-state index contributed by atoms with van der Waals surface area (Å²) < 4.78 is 1.86. The largest absolute Gasteiger partial charge is 0.388 e. The van der Waals surface area contributed by atoms with Gasteiger partial charge in [0.2, 0.25) is 0 Å². The molecule has 0 aliphatic heterocycles. The summed E-state index contributed by atoms with van der Waals surface area (Å²) >= 11 is 0. The summed E-state index contributed by atoms with van der Waals surface area (Å²) in [5.74, 6) is 0. The van der Waals surface area contributed by atoms with Crippen molar-refractivity contribution in [3.8, 4) is 0 Å². The first-order valence-electron chi connectivity index (χ1n) is 8.42. The molecule has 2 aromatic rings. The van der Waals surface area contributed by atoms with Crippen LogP contribution in [0.25, 0.3) is 0 Å². The minimum absolute atomic E-state index is 0.243. The molecule has 6 nitrogen and oxygen atoms in total. The van der Waals surface area contributed by atoms with E-state index in [-0.39, 0.29) is 6.03 Å². The molecule has 0 atom stereocenters. The molecule has 1 heterocycles. The normalized spacial score (nSPS) is 16.0. The molecule has 0 saturated heterocycles. The van der Waals surface area contributed by atoms with Crippen LogP contribution in [0.1, 0.15) is 36.8 Å². The molecule has 6 heteroatoms. The Morgan fingerprint density at radius 1 is 1.21 bits per heavy atom. The number of nitrogens with one attached hydrogen (secondary N) is 2. The number of nitrogens with zero attached hydrogens (tertiary/aromatic N) is 2. The van der Waals surface area contributed by atoms with E-state index in [9.17, 15) is 9.90 Å². The summed E-state index contributed by atoms with van der Waals surface area (Å²) in [4.78, 5) is 11.9. The summed E-state index contributed by atoms with van der Waals surface area (Å²) in [7, 11) is 0. The molecule has 1 aromatic carbocycles. The Labute approximate surface area is 141 Å². The van der Waals surface area contributed by atoms with Crippen molar-refractivity contribution in [2.45, 2.75) is 44.4 Å². The van der Waals surface area contributed by atoms with Gasteiger partial charge in [-0.1, -0.05) is 37.1 Å². The predicted molar refractivity (Wildman–Crippen MR) is 91.4 cm³/mol. The van der Waals surface area contributed by atoms with E-state index >= 15 is 0 Å². The molecule has 1 aliphatic rings. The highest BCUT2D eigenvalue weighted by Gasteiger charge is 2.31. The van der Waals surface area contributed by atoms with Crippen LogP contribution in [0.4, 0.5) is 4.79 Å². The third-order valence-corrected chi connectivity index (χ3v) is 4.46. The van der Waals surface area contributed by atoms with Gasteiger partial charge in [0.25, 0.3) is 0 Å². The molecule has 3 rings (SSSR count). The lowest BCUT2D eigenvalue weighted by atomic mass is 10.0. The van der Waals surface area contributed by atoms with Gasteiger partial charge in [0.1, 0.15) is 0 Å². The van der Waals surface area contributed by atoms with E-state index in [0.29, 0.717) is 19.6 Å². The molecular formula is C18H24N4O2. The van der Waals surface area contributed by atoms with Gasteiger partial charge >= 0.3 is 6.03 Å². The first-order valence-corrected chi connectivity index (χ1v) is 8.42. The van der Waals surface area contributed by atoms with Gasteiger partial charge in [0.05, 0.1) is 12.1 Å². The van der Waals surface area contributed by atoms with Crippen molar-refractivity contribution in [2.75, 3.05) is 6.54 Å². The molecule has 3 N–H and O–H groups in total. The van der Waals surface area contributed by atoms with Crippen LogP contribution < -0.4 is 10.6 Å². The quantitative estimate of drug-likeness (QED) is 0.759. The molecular weight excluding hydrogens is 304 g/mol. The zero-order chi connectivity index (χ0) is 16.8. The maximum Gasteiger partial charge on any atom is 0.315 e. The fourth-order valence-electron chi connectivity index (χ4n) is 3.12. The van der Waals surface area contributed by atoms with Crippen molar-refractivity contribution in [1.29, 1.82) is 0 Å². The highest BCUT2D eigenvalue weighted by molar-refractivity contribution is 5.73. The molecule has 0 radical (unpaired) electrons. The fraction of sp³-hybridized carbons (Fsp3) is 0.444. The SMILES string of the molecule is O=C(NCc1cccc(Cn2cccn2)c1)NCC1(O)CCCC1. The maximum atomic E-state index is 11.9. The van der Waals surface area contributed by atoms with Crippen LogP contribution in [-0.4, -0.2) is 33.1 Å². The van der Waals surface area contributed by atoms with Gasteiger partial charge < -0.3 is 15.7 Å². The number of aromatic nitrogens is 2. The first-order chi connectivity index (χ1) is 11.6. The Balaban J connectivity index is 1.46. The van der Waals surface area contributed by atoms with Gasteiger partial charge in [-0.25, -0.2) is 4.79 Å². The Bertz CT molecular complexity index is 663. The van der Waals surface area contributed by atoms with Crippen molar-refractivity contribution >= 4 is 6.03 Å². The summed E-state index contributed by atoms with van der Waals surface area (Å²) in [6, 6.07) is 9.72. The second-order valence-corrected chi connectivity index (χ2v) is 6.49. The lowest BCUT2D eigenvalue weighted by molar-refractivity contribution is 0.0501. The molecule has 2 amide bonds. The molecule has 0 bridgehead atoms. The maximum absolute atomic E-state index is 11.9. The third kappa shape index (κ3) is 4.58. The standard InChI is InChI=1S/C18H24N4O2/c23-17(20-14-18(24)7-1-2-8-18)19-12-15-5-3-6-16(11-15)13-22-10-4-9-21-22/h3-6,9-11,24H,1-2,7-8,12-14H2,(H2,19,20,23). The van der Waals surface area contributed by atoms with Crippen LogP contribution >= 0.6 is 0 Å². The van der Waals surface area contributed by atoms with Gasteiger partial charge in [-0.2, -0.15) is 5.10 Å². The number of aliphatic hydroxyl groups is 1. The van der Waals surface area contributed by atoms with E-state index in [1.165, 1.54) is 0 Å². The van der Waals surface area contributed by atoms with Gasteiger partial charge in [-0.15, -0.1) is 0 Å². The average molecular weight is 328 g/mol. The van der Waals surface area contributed by atoms with Gasteiger partial charge in [-0.05, 0) is 30.0 Å². The average Bonchev–Trinajstić information content (AvgIpc) is 3.24. The second kappa shape index (κ2) is 7.49. The molecule has 1 aromatic heterocycles. The molecule has 1 fully saturated rings.